The molecule has 0 amide bonds. The maximum absolute atomic E-state index is 12.3. The van der Waals surface area contributed by atoms with Gasteiger partial charge in [0.2, 0.25) is 5.89 Å². The lowest BCUT2D eigenvalue weighted by atomic mass is 10.0. The maximum atomic E-state index is 12.3. The Morgan fingerprint density at radius 3 is 2.62 bits per heavy atom. The first-order chi connectivity index (χ1) is 11.6. The van der Waals surface area contributed by atoms with Gasteiger partial charge in [0, 0.05) is 18.0 Å². The van der Waals surface area contributed by atoms with Crippen LogP contribution in [-0.2, 0) is 0 Å². The third-order valence-electron chi connectivity index (χ3n) is 3.54. The molecule has 24 heavy (non-hydrogen) atoms. The van der Waals surface area contributed by atoms with Crippen molar-refractivity contribution in [1.82, 2.24) is 15.2 Å². The van der Waals surface area contributed by atoms with Crippen LogP contribution in [0.2, 0.25) is 0 Å². The van der Waals surface area contributed by atoms with Crippen molar-refractivity contribution in [1.29, 1.82) is 0 Å². The number of thioether (sulfide) groups is 1. The number of hydrogen-bond acceptors (Lipinski definition) is 6. The molecule has 0 aliphatic rings. The predicted octanol–water partition coefficient (Wildman–Crippen LogP) is 4.23. The van der Waals surface area contributed by atoms with Crippen LogP contribution in [0.1, 0.15) is 35.7 Å². The highest BCUT2D eigenvalue weighted by atomic mass is 32.2. The van der Waals surface area contributed by atoms with Gasteiger partial charge in [-0.2, -0.15) is 0 Å². The summed E-state index contributed by atoms with van der Waals surface area (Å²) >= 11 is 1.24. The lowest BCUT2D eigenvalue weighted by Gasteiger charge is -2.05. The summed E-state index contributed by atoms with van der Waals surface area (Å²) in [6.45, 7) is 4.25. The largest absolute Gasteiger partial charge is 0.411 e. The molecule has 0 N–H and O–H groups in total. The molecule has 0 spiro atoms. The third kappa shape index (κ3) is 3.89. The van der Waals surface area contributed by atoms with Crippen LogP contribution >= 0.6 is 11.8 Å². The molecule has 5 nitrogen and oxygen atoms in total. The molecule has 0 atom stereocenters. The minimum absolute atomic E-state index is 0.0384. The Kier molecular flexibility index (Phi) is 5.05. The predicted molar refractivity (Wildman–Crippen MR) is 93.1 cm³/mol. The number of hydrogen-bond donors (Lipinski definition) is 0. The number of rotatable bonds is 6. The van der Waals surface area contributed by atoms with Crippen molar-refractivity contribution in [3.05, 3.63) is 59.9 Å². The molecule has 1 aromatic carbocycles. The van der Waals surface area contributed by atoms with Gasteiger partial charge in [0.15, 0.2) is 5.78 Å². The number of pyridine rings is 1. The number of nitrogens with zero attached hydrogens (tertiary/aromatic N) is 3. The molecule has 0 fully saturated rings. The van der Waals surface area contributed by atoms with Crippen LogP contribution in [0.25, 0.3) is 11.5 Å². The fourth-order valence-corrected chi connectivity index (χ4v) is 2.80. The summed E-state index contributed by atoms with van der Waals surface area (Å²) in [4.78, 5) is 16.3. The van der Waals surface area contributed by atoms with Crippen LogP contribution in [0, 0.1) is 0 Å². The van der Waals surface area contributed by atoms with Gasteiger partial charge in [-0.3, -0.25) is 9.78 Å². The van der Waals surface area contributed by atoms with Gasteiger partial charge in [-0.1, -0.05) is 49.9 Å². The molecule has 0 saturated heterocycles. The van der Waals surface area contributed by atoms with Crippen molar-refractivity contribution in [3.63, 3.8) is 0 Å². The summed E-state index contributed by atoms with van der Waals surface area (Å²) < 4.78 is 5.56. The summed E-state index contributed by atoms with van der Waals surface area (Å²) in [5.74, 6) is 1.15. The van der Waals surface area contributed by atoms with E-state index in [1.54, 1.807) is 18.5 Å². The zero-order valence-corrected chi connectivity index (χ0v) is 14.3. The van der Waals surface area contributed by atoms with Crippen molar-refractivity contribution in [2.45, 2.75) is 25.0 Å². The molecule has 2 heterocycles. The Hall–Kier alpha value is -2.47. The Morgan fingerprint density at radius 1 is 1.17 bits per heavy atom. The molecular formula is C18H17N3O2S. The molecule has 0 unspecified atom stereocenters. The van der Waals surface area contributed by atoms with Crippen LogP contribution in [0.15, 0.2) is 58.4 Å². The third-order valence-corrected chi connectivity index (χ3v) is 4.36. The number of ketones is 1. The van der Waals surface area contributed by atoms with Gasteiger partial charge in [0.05, 0.1) is 11.3 Å². The summed E-state index contributed by atoms with van der Waals surface area (Å²) in [5, 5.41) is 8.32. The normalized spacial score (nSPS) is 11.0. The van der Waals surface area contributed by atoms with Crippen LogP contribution in [0.5, 0.6) is 0 Å². The van der Waals surface area contributed by atoms with Gasteiger partial charge >= 0.3 is 0 Å². The van der Waals surface area contributed by atoms with Crippen LogP contribution in [0.4, 0.5) is 0 Å². The molecule has 0 bridgehead atoms. The van der Waals surface area contributed by atoms with E-state index in [0.717, 1.165) is 5.56 Å². The molecule has 3 rings (SSSR count). The molecule has 2 aromatic heterocycles. The molecule has 0 aliphatic carbocycles. The van der Waals surface area contributed by atoms with Gasteiger partial charge in [0.1, 0.15) is 0 Å². The number of carbonyl (C=O) groups excluding carboxylic acids is 1. The fraction of sp³-hybridized carbons (Fsp3) is 0.222. The van der Waals surface area contributed by atoms with E-state index in [4.69, 9.17) is 4.42 Å². The van der Waals surface area contributed by atoms with E-state index in [1.807, 2.05) is 30.3 Å². The zero-order valence-electron chi connectivity index (χ0n) is 13.5. The minimum atomic E-state index is 0.0384. The lowest BCUT2D eigenvalue weighted by Crippen LogP contribution is -2.02. The summed E-state index contributed by atoms with van der Waals surface area (Å²) in [6.07, 6.45) is 3.34. The number of aromatic nitrogens is 3. The Labute approximate surface area is 144 Å². The van der Waals surface area contributed by atoms with E-state index in [2.05, 4.69) is 29.0 Å². The van der Waals surface area contributed by atoms with Gasteiger partial charge in [-0.05, 0) is 23.6 Å². The molecule has 6 heteroatoms. The summed E-state index contributed by atoms with van der Waals surface area (Å²) in [5.41, 5.74) is 2.67. The van der Waals surface area contributed by atoms with E-state index in [1.165, 1.54) is 17.3 Å². The Bertz CT molecular complexity index is 814. The first kappa shape index (κ1) is 16.4. The highest BCUT2D eigenvalue weighted by molar-refractivity contribution is 7.99. The monoisotopic (exact) mass is 339 g/mol. The molecule has 3 aromatic rings. The van der Waals surface area contributed by atoms with Gasteiger partial charge in [0.25, 0.3) is 5.22 Å². The smallest absolute Gasteiger partial charge is 0.277 e. The summed E-state index contributed by atoms with van der Waals surface area (Å²) in [7, 11) is 0. The molecule has 0 saturated carbocycles. The first-order valence-corrected chi connectivity index (χ1v) is 8.62. The van der Waals surface area contributed by atoms with Crippen molar-refractivity contribution < 1.29 is 9.21 Å². The molecular weight excluding hydrogens is 322 g/mol. The van der Waals surface area contributed by atoms with Crippen LogP contribution in [0.3, 0.4) is 0 Å². The number of benzene rings is 1. The second kappa shape index (κ2) is 7.40. The van der Waals surface area contributed by atoms with E-state index >= 15 is 0 Å². The first-order valence-electron chi connectivity index (χ1n) is 7.63. The molecule has 0 aliphatic heterocycles. The SMILES string of the molecule is CC(C)c1ccc(C(=O)CSc2nnc(-c3cccnc3)o2)cc1. The van der Waals surface area contributed by atoms with Gasteiger partial charge in [-0.15, -0.1) is 10.2 Å². The van der Waals surface area contributed by atoms with E-state index in [0.29, 0.717) is 22.6 Å². The van der Waals surface area contributed by atoms with E-state index < -0.39 is 0 Å². The van der Waals surface area contributed by atoms with Crippen molar-refractivity contribution in [2.75, 3.05) is 5.75 Å². The average Bonchev–Trinajstić information content (AvgIpc) is 3.09. The molecule has 0 radical (unpaired) electrons. The highest BCUT2D eigenvalue weighted by Crippen LogP contribution is 2.23. The minimum Gasteiger partial charge on any atom is -0.411 e. The van der Waals surface area contributed by atoms with Crippen molar-refractivity contribution in [2.24, 2.45) is 0 Å². The van der Waals surface area contributed by atoms with Gasteiger partial charge < -0.3 is 4.42 Å². The second-order valence-electron chi connectivity index (χ2n) is 5.60. The van der Waals surface area contributed by atoms with Crippen molar-refractivity contribution in [3.8, 4) is 11.5 Å². The summed E-state index contributed by atoms with van der Waals surface area (Å²) in [6, 6.07) is 11.4. The molecule has 122 valence electrons. The zero-order chi connectivity index (χ0) is 16.9. The second-order valence-corrected chi connectivity index (χ2v) is 6.53. The highest BCUT2D eigenvalue weighted by Gasteiger charge is 2.12. The van der Waals surface area contributed by atoms with Crippen LogP contribution < -0.4 is 0 Å². The standard InChI is InChI=1S/C18H17N3O2S/c1-12(2)13-5-7-14(8-6-13)16(22)11-24-18-21-20-17(23-18)15-4-3-9-19-10-15/h3-10,12H,11H2,1-2H3. The van der Waals surface area contributed by atoms with E-state index in [9.17, 15) is 4.79 Å². The van der Waals surface area contributed by atoms with Gasteiger partial charge in [-0.25, -0.2) is 0 Å². The Morgan fingerprint density at radius 2 is 1.96 bits per heavy atom. The Balaban J connectivity index is 1.61. The number of carbonyl (C=O) groups is 1. The topological polar surface area (TPSA) is 68.9 Å². The van der Waals surface area contributed by atoms with Crippen molar-refractivity contribution >= 4 is 17.5 Å². The maximum Gasteiger partial charge on any atom is 0.277 e. The van der Waals surface area contributed by atoms with E-state index in [-0.39, 0.29) is 11.5 Å². The lowest BCUT2D eigenvalue weighted by molar-refractivity contribution is 0.102. The fourth-order valence-electron chi connectivity index (χ4n) is 2.14. The van der Waals surface area contributed by atoms with Crippen LogP contribution in [-0.4, -0.2) is 26.7 Å². The quantitative estimate of drug-likeness (QED) is 0.494. The average molecular weight is 339 g/mol. The number of Topliss-reactive ketones (excluding diaryl/α,β-unsaturated/α-hetero) is 1.